The fourth-order valence-electron chi connectivity index (χ4n) is 2.84. The lowest BCUT2D eigenvalue weighted by Crippen LogP contribution is -2.19. The van der Waals surface area contributed by atoms with E-state index in [1.807, 2.05) is 13.8 Å². The van der Waals surface area contributed by atoms with E-state index in [1.165, 1.54) is 43.2 Å². The Morgan fingerprint density at radius 1 is 1.06 bits per heavy atom. The van der Waals surface area contributed by atoms with Crippen molar-refractivity contribution in [1.29, 1.82) is 0 Å². The van der Waals surface area contributed by atoms with Crippen molar-refractivity contribution in [3.63, 3.8) is 0 Å². The third-order valence-corrected chi connectivity index (χ3v) is 4.08. The first-order valence-electron chi connectivity index (χ1n) is 7.36. The summed E-state index contributed by atoms with van der Waals surface area (Å²) in [6.07, 6.45) is 8.73. The minimum Gasteiger partial charge on any atom is -0.390 e. The Bertz CT molecular complexity index is 352. The van der Waals surface area contributed by atoms with Gasteiger partial charge in [-0.05, 0) is 56.6 Å². The van der Waals surface area contributed by atoms with Gasteiger partial charge in [-0.2, -0.15) is 0 Å². The molecular formula is C17H26O. The molecule has 0 aromatic heterocycles. The van der Waals surface area contributed by atoms with Crippen LogP contribution in [0.1, 0.15) is 69.4 Å². The highest BCUT2D eigenvalue weighted by Gasteiger charge is 2.15. The van der Waals surface area contributed by atoms with Crippen molar-refractivity contribution >= 4 is 0 Å². The summed E-state index contributed by atoms with van der Waals surface area (Å²) in [5, 5.41) is 9.74. The summed E-state index contributed by atoms with van der Waals surface area (Å²) in [5.41, 5.74) is 2.31. The molecule has 18 heavy (non-hydrogen) atoms. The Balaban J connectivity index is 1.92. The van der Waals surface area contributed by atoms with Gasteiger partial charge < -0.3 is 5.11 Å². The maximum Gasteiger partial charge on any atom is 0.0594 e. The maximum absolute atomic E-state index is 9.74. The molecule has 1 aliphatic carbocycles. The molecule has 100 valence electrons. The molecule has 1 fully saturated rings. The second-order valence-corrected chi connectivity index (χ2v) is 6.39. The number of aryl methyl sites for hydroxylation is 1. The second kappa shape index (κ2) is 5.88. The molecule has 1 saturated carbocycles. The second-order valence-electron chi connectivity index (χ2n) is 6.39. The summed E-state index contributed by atoms with van der Waals surface area (Å²) >= 11 is 0. The van der Waals surface area contributed by atoms with E-state index in [2.05, 4.69) is 24.3 Å². The van der Waals surface area contributed by atoms with Gasteiger partial charge in [0.25, 0.3) is 0 Å². The molecule has 1 heteroatoms. The van der Waals surface area contributed by atoms with E-state index < -0.39 is 5.60 Å². The van der Waals surface area contributed by atoms with Crippen LogP contribution in [0.3, 0.4) is 0 Å². The van der Waals surface area contributed by atoms with Crippen molar-refractivity contribution < 1.29 is 5.11 Å². The first-order chi connectivity index (χ1) is 8.54. The Morgan fingerprint density at radius 2 is 1.67 bits per heavy atom. The predicted molar refractivity (Wildman–Crippen MR) is 76.9 cm³/mol. The van der Waals surface area contributed by atoms with E-state index in [9.17, 15) is 5.11 Å². The first-order valence-corrected chi connectivity index (χ1v) is 7.36. The largest absolute Gasteiger partial charge is 0.390 e. The summed E-state index contributed by atoms with van der Waals surface area (Å²) in [6.45, 7) is 3.76. The Morgan fingerprint density at radius 3 is 2.22 bits per heavy atom. The van der Waals surface area contributed by atoms with Gasteiger partial charge in [-0.3, -0.25) is 0 Å². The molecule has 1 aliphatic rings. The van der Waals surface area contributed by atoms with Gasteiger partial charge >= 0.3 is 0 Å². The molecule has 0 spiro atoms. The lowest BCUT2D eigenvalue weighted by Gasteiger charge is -2.22. The van der Waals surface area contributed by atoms with Gasteiger partial charge in [0.15, 0.2) is 0 Å². The third kappa shape index (κ3) is 4.13. The van der Waals surface area contributed by atoms with Crippen LogP contribution < -0.4 is 0 Å². The normalized spacial score (nSPS) is 17.9. The number of benzene rings is 1. The highest BCUT2D eigenvalue weighted by molar-refractivity contribution is 5.26. The van der Waals surface area contributed by atoms with Crippen molar-refractivity contribution in [1.82, 2.24) is 0 Å². The van der Waals surface area contributed by atoms with Crippen LogP contribution in [0, 0.1) is 0 Å². The molecular weight excluding hydrogens is 220 g/mol. The zero-order valence-electron chi connectivity index (χ0n) is 11.8. The average molecular weight is 246 g/mol. The molecule has 0 radical (unpaired) electrons. The van der Waals surface area contributed by atoms with E-state index in [0.717, 1.165) is 18.8 Å². The molecule has 1 N–H and O–H groups in total. The molecule has 0 aliphatic heterocycles. The molecule has 0 unspecified atom stereocenters. The molecule has 1 nitrogen and oxygen atoms in total. The Kier molecular flexibility index (Phi) is 4.45. The standard InChI is InChI=1S/C17H26O/c1-17(2,18)13-12-14-8-10-16(11-9-14)15-6-4-3-5-7-15/h8-11,15,18H,3-7,12-13H2,1-2H3. The molecule has 0 amide bonds. The van der Waals surface area contributed by atoms with Crippen molar-refractivity contribution in [2.24, 2.45) is 0 Å². The lowest BCUT2D eigenvalue weighted by atomic mass is 9.84. The van der Waals surface area contributed by atoms with Crippen LogP contribution in [0.4, 0.5) is 0 Å². The van der Waals surface area contributed by atoms with Crippen molar-refractivity contribution in [2.45, 2.75) is 70.3 Å². The van der Waals surface area contributed by atoms with Crippen molar-refractivity contribution in [2.75, 3.05) is 0 Å². The summed E-state index contributed by atoms with van der Waals surface area (Å²) in [6, 6.07) is 9.09. The number of aliphatic hydroxyl groups is 1. The maximum atomic E-state index is 9.74. The number of hydrogen-bond acceptors (Lipinski definition) is 1. The van der Waals surface area contributed by atoms with Crippen LogP contribution in [-0.2, 0) is 6.42 Å². The molecule has 2 rings (SSSR count). The summed E-state index contributed by atoms with van der Waals surface area (Å²) in [7, 11) is 0. The zero-order valence-corrected chi connectivity index (χ0v) is 11.8. The van der Waals surface area contributed by atoms with E-state index in [0.29, 0.717) is 0 Å². The van der Waals surface area contributed by atoms with Crippen molar-refractivity contribution in [3.8, 4) is 0 Å². The quantitative estimate of drug-likeness (QED) is 0.833. The van der Waals surface area contributed by atoms with Gasteiger partial charge in [0.2, 0.25) is 0 Å². The zero-order chi connectivity index (χ0) is 13.0. The predicted octanol–water partition coefficient (Wildman–Crippen LogP) is 4.44. The number of hydrogen-bond donors (Lipinski definition) is 1. The third-order valence-electron chi connectivity index (χ3n) is 4.08. The van der Waals surface area contributed by atoms with Gasteiger partial charge in [-0.15, -0.1) is 0 Å². The molecule has 0 saturated heterocycles. The Labute approximate surface area is 111 Å². The summed E-state index contributed by atoms with van der Waals surface area (Å²) in [5.74, 6) is 0.794. The fourth-order valence-corrected chi connectivity index (χ4v) is 2.84. The molecule has 0 heterocycles. The van der Waals surface area contributed by atoms with E-state index in [1.54, 1.807) is 0 Å². The Hall–Kier alpha value is -0.820. The summed E-state index contributed by atoms with van der Waals surface area (Å²) < 4.78 is 0. The SMILES string of the molecule is CC(C)(O)CCc1ccc(C2CCCCC2)cc1. The molecule has 1 aromatic rings. The smallest absolute Gasteiger partial charge is 0.0594 e. The van der Waals surface area contributed by atoms with Gasteiger partial charge in [0.1, 0.15) is 0 Å². The van der Waals surface area contributed by atoms with Crippen LogP contribution in [0.2, 0.25) is 0 Å². The van der Waals surface area contributed by atoms with Gasteiger partial charge in [0, 0.05) is 0 Å². The van der Waals surface area contributed by atoms with Crippen molar-refractivity contribution in [3.05, 3.63) is 35.4 Å². The first kappa shape index (κ1) is 13.6. The molecule has 1 aromatic carbocycles. The monoisotopic (exact) mass is 246 g/mol. The van der Waals surface area contributed by atoms with E-state index in [-0.39, 0.29) is 0 Å². The minimum absolute atomic E-state index is 0.554. The topological polar surface area (TPSA) is 20.2 Å². The highest BCUT2D eigenvalue weighted by atomic mass is 16.3. The number of rotatable bonds is 4. The highest BCUT2D eigenvalue weighted by Crippen LogP contribution is 2.32. The van der Waals surface area contributed by atoms with E-state index in [4.69, 9.17) is 0 Å². The minimum atomic E-state index is -0.554. The average Bonchev–Trinajstić information content (AvgIpc) is 2.37. The van der Waals surface area contributed by atoms with Gasteiger partial charge in [-0.1, -0.05) is 43.5 Å². The van der Waals surface area contributed by atoms with Gasteiger partial charge in [-0.25, -0.2) is 0 Å². The van der Waals surface area contributed by atoms with E-state index >= 15 is 0 Å². The van der Waals surface area contributed by atoms with Gasteiger partial charge in [0.05, 0.1) is 5.60 Å². The molecule has 0 bridgehead atoms. The van der Waals surface area contributed by atoms with Crippen LogP contribution in [0.5, 0.6) is 0 Å². The van der Waals surface area contributed by atoms with Crippen LogP contribution in [0.25, 0.3) is 0 Å². The fraction of sp³-hybridized carbons (Fsp3) is 0.647. The van der Waals surface area contributed by atoms with Crippen LogP contribution >= 0.6 is 0 Å². The van der Waals surface area contributed by atoms with Crippen LogP contribution in [0.15, 0.2) is 24.3 Å². The molecule has 0 atom stereocenters. The lowest BCUT2D eigenvalue weighted by molar-refractivity contribution is 0.0714. The van der Waals surface area contributed by atoms with Crippen LogP contribution in [-0.4, -0.2) is 10.7 Å². The summed E-state index contributed by atoms with van der Waals surface area (Å²) in [4.78, 5) is 0.